The molecule has 0 aliphatic carbocycles. The van der Waals surface area contributed by atoms with Gasteiger partial charge in [0.2, 0.25) is 0 Å². The van der Waals surface area contributed by atoms with Crippen LogP contribution < -0.4 is 0 Å². The van der Waals surface area contributed by atoms with Gasteiger partial charge in [-0.3, -0.25) is 9.69 Å². The molecule has 7 heteroatoms. The van der Waals surface area contributed by atoms with Gasteiger partial charge in [-0.2, -0.15) is 0 Å². The second kappa shape index (κ2) is 7.21. The molecule has 0 bridgehead atoms. The first kappa shape index (κ1) is 19.2. The summed E-state index contributed by atoms with van der Waals surface area (Å²) >= 11 is 0. The number of nitrogens with zero attached hydrogens (tertiary/aromatic N) is 4. The summed E-state index contributed by atoms with van der Waals surface area (Å²) in [6.45, 7) is 12.5. The van der Waals surface area contributed by atoms with E-state index in [1.165, 1.54) is 0 Å². The fourth-order valence-corrected chi connectivity index (χ4v) is 3.95. The number of hydrogen-bond acceptors (Lipinski definition) is 6. The number of ether oxygens (including phenoxy) is 1. The van der Waals surface area contributed by atoms with Crippen molar-refractivity contribution in [2.24, 2.45) is 5.41 Å². The van der Waals surface area contributed by atoms with Crippen molar-refractivity contribution in [3.63, 3.8) is 0 Å². The number of aryl methyl sites for hydroxylation is 2. The van der Waals surface area contributed by atoms with Crippen LogP contribution >= 0.6 is 0 Å². The van der Waals surface area contributed by atoms with Crippen molar-refractivity contribution >= 4 is 5.91 Å². The molecule has 26 heavy (non-hydrogen) atoms. The van der Waals surface area contributed by atoms with E-state index < -0.39 is 11.0 Å². The zero-order chi connectivity index (χ0) is 18.9. The Kier molecular flexibility index (Phi) is 5.33. The normalized spacial score (nSPS) is 26.7. The first-order valence-corrected chi connectivity index (χ1v) is 9.34. The lowest BCUT2D eigenvalue weighted by molar-refractivity contribution is -0.133. The summed E-state index contributed by atoms with van der Waals surface area (Å²) in [5.74, 6) is 0.522. The summed E-state index contributed by atoms with van der Waals surface area (Å²) in [6.07, 6.45) is 0.562. The number of piperidine rings is 1. The third-order valence-corrected chi connectivity index (χ3v) is 5.70. The highest BCUT2D eigenvalue weighted by molar-refractivity contribution is 5.92. The Balaban J connectivity index is 1.72. The van der Waals surface area contributed by atoms with Gasteiger partial charge in [-0.05, 0) is 26.3 Å². The van der Waals surface area contributed by atoms with Gasteiger partial charge < -0.3 is 14.7 Å². The maximum atomic E-state index is 12.9. The molecule has 3 rings (SSSR count). The van der Waals surface area contributed by atoms with E-state index in [2.05, 4.69) is 14.9 Å². The minimum absolute atomic E-state index is 0.0832. The van der Waals surface area contributed by atoms with E-state index in [1.54, 1.807) is 13.0 Å². The molecule has 1 aromatic heterocycles. The van der Waals surface area contributed by atoms with Crippen molar-refractivity contribution in [1.82, 2.24) is 19.8 Å². The van der Waals surface area contributed by atoms with Crippen molar-refractivity contribution in [3.05, 3.63) is 23.3 Å². The van der Waals surface area contributed by atoms with Gasteiger partial charge in [0.1, 0.15) is 11.5 Å². The van der Waals surface area contributed by atoms with Crippen LogP contribution in [0.15, 0.2) is 6.07 Å². The molecule has 1 atom stereocenters. The molecule has 1 amide bonds. The van der Waals surface area contributed by atoms with Crippen LogP contribution in [0.4, 0.5) is 0 Å². The summed E-state index contributed by atoms with van der Waals surface area (Å²) in [5, 5.41) is 11.4. The van der Waals surface area contributed by atoms with Crippen molar-refractivity contribution in [1.29, 1.82) is 0 Å². The summed E-state index contributed by atoms with van der Waals surface area (Å²) in [7, 11) is 0. The fourth-order valence-electron chi connectivity index (χ4n) is 3.95. The Hall–Kier alpha value is -1.57. The second-order valence-electron chi connectivity index (χ2n) is 8.22. The quantitative estimate of drug-likeness (QED) is 0.865. The number of hydrogen-bond donors (Lipinski definition) is 1. The van der Waals surface area contributed by atoms with Crippen molar-refractivity contribution in [2.75, 3.05) is 45.9 Å². The van der Waals surface area contributed by atoms with E-state index >= 15 is 0 Å². The Morgan fingerprint density at radius 3 is 2.54 bits per heavy atom. The van der Waals surface area contributed by atoms with E-state index in [-0.39, 0.29) is 5.91 Å². The second-order valence-corrected chi connectivity index (χ2v) is 8.22. The standard InChI is InChI=1S/C19H30N4O3/c1-14-11-16(21-15(2)20-14)17(24)23-6-5-19(25,18(3,4)12-23)13-22-7-9-26-10-8-22/h11,25H,5-10,12-13H2,1-4H3. The lowest BCUT2D eigenvalue weighted by Gasteiger charge is -2.52. The SMILES string of the molecule is Cc1cc(C(=O)N2CCC(O)(CN3CCOCC3)C(C)(C)C2)nc(C)n1. The van der Waals surface area contributed by atoms with Gasteiger partial charge in [0.05, 0.1) is 18.8 Å². The molecular formula is C19H30N4O3. The average Bonchev–Trinajstić information content (AvgIpc) is 2.57. The molecule has 0 aromatic carbocycles. The fraction of sp³-hybridized carbons (Fsp3) is 0.737. The molecule has 1 N–H and O–H groups in total. The maximum Gasteiger partial charge on any atom is 0.272 e. The number of β-amino-alcohol motifs (C(OH)–C–C–N with tert-alkyl or cyclic N) is 1. The van der Waals surface area contributed by atoms with E-state index in [9.17, 15) is 9.90 Å². The molecule has 144 valence electrons. The van der Waals surface area contributed by atoms with Crippen LogP contribution in [-0.4, -0.2) is 82.3 Å². The van der Waals surface area contributed by atoms with Gasteiger partial charge >= 0.3 is 0 Å². The number of carbonyl (C=O) groups is 1. The lowest BCUT2D eigenvalue weighted by atomic mass is 9.69. The summed E-state index contributed by atoms with van der Waals surface area (Å²) < 4.78 is 5.40. The predicted octanol–water partition coefficient (Wildman–Crippen LogP) is 1.03. The number of likely N-dealkylation sites (tertiary alicyclic amines) is 1. The van der Waals surface area contributed by atoms with Gasteiger partial charge in [0.15, 0.2) is 0 Å². The van der Waals surface area contributed by atoms with Crippen molar-refractivity contribution < 1.29 is 14.6 Å². The number of aliphatic hydroxyl groups is 1. The van der Waals surface area contributed by atoms with Gasteiger partial charge in [-0.25, -0.2) is 9.97 Å². The first-order chi connectivity index (χ1) is 12.2. The van der Waals surface area contributed by atoms with E-state index in [1.807, 2.05) is 25.7 Å². The third kappa shape index (κ3) is 3.89. The molecule has 1 unspecified atom stereocenters. The summed E-state index contributed by atoms with van der Waals surface area (Å²) in [4.78, 5) is 25.5. The molecule has 7 nitrogen and oxygen atoms in total. The molecule has 2 aliphatic heterocycles. The predicted molar refractivity (Wildman–Crippen MR) is 98.0 cm³/mol. The highest BCUT2D eigenvalue weighted by Crippen LogP contribution is 2.39. The molecule has 2 saturated heterocycles. The molecule has 0 spiro atoms. The van der Waals surface area contributed by atoms with Gasteiger partial charge in [0.25, 0.3) is 5.91 Å². The van der Waals surface area contributed by atoms with Gasteiger partial charge in [0, 0.05) is 43.8 Å². The molecule has 3 heterocycles. The minimum Gasteiger partial charge on any atom is -0.388 e. The van der Waals surface area contributed by atoms with Crippen LogP contribution in [0.2, 0.25) is 0 Å². The third-order valence-electron chi connectivity index (χ3n) is 5.70. The number of morpholine rings is 1. The van der Waals surface area contributed by atoms with Crippen LogP contribution in [0.1, 0.15) is 42.3 Å². The van der Waals surface area contributed by atoms with Crippen LogP contribution in [0, 0.1) is 19.3 Å². The molecule has 1 aromatic rings. The zero-order valence-corrected chi connectivity index (χ0v) is 16.3. The smallest absolute Gasteiger partial charge is 0.272 e. The van der Waals surface area contributed by atoms with Crippen LogP contribution in [0.3, 0.4) is 0 Å². The zero-order valence-electron chi connectivity index (χ0n) is 16.3. The average molecular weight is 362 g/mol. The van der Waals surface area contributed by atoms with E-state index in [0.29, 0.717) is 50.8 Å². The summed E-state index contributed by atoms with van der Waals surface area (Å²) in [5.41, 5.74) is -0.0000367. The Morgan fingerprint density at radius 2 is 1.92 bits per heavy atom. The minimum atomic E-state index is -0.821. The molecule has 0 saturated carbocycles. The Bertz CT molecular complexity index is 652. The summed E-state index contributed by atoms with van der Waals surface area (Å²) in [6, 6.07) is 1.73. The van der Waals surface area contributed by atoms with Gasteiger partial charge in [-0.1, -0.05) is 13.8 Å². The van der Waals surface area contributed by atoms with Gasteiger partial charge in [-0.15, -0.1) is 0 Å². The van der Waals surface area contributed by atoms with E-state index in [4.69, 9.17) is 4.74 Å². The number of rotatable bonds is 3. The topological polar surface area (TPSA) is 78.8 Å². The molecular weight excluding hydrogens is 332 g/mol. The number of carbonyl (C=O) groups excluding carboxylic acids is 1. The molecule has 0 radical (unpaired) electrons. The maximum absolute atomic E-state index is 12.9. The highest BCUT2D eigenvalue weighted by atomic mass is 16.5. The first-order valence-electron chi connectivity index (χ1n) is 9.34. The van der Waals surface area contributed by atoms with Crippen LogP contribution in [0.25, 0.3) is 0 Å². The van der Waals surface area contributed by atoms with E-state index in [0.717, 1.165) is 18.8 Å². The van der Waals surface area contributed by atoms with Crippen LogP contribution in [0.5, 0.6) is 0 Å². The Labute approximate surface area is 155 Å². The molecule has 2 fully saturated rings. The largest absolute Gasteiger partial charge is 0.388 e. The monoisotopic (exact) mass is 362 g/mol. The van der Waals surface area contributed by atoms with Crippen LogP contribution in [-0.2, 0) is 4.74 Å². The molecule has 2 aliphatic rings. The lowest BCUT2D eigenvalue weighted by Crippen LogP contribution is -2.63. The van der Waals surface area contributed by atoms with Crippen molar-refractivity contribution in [3.8, 4) is 0 Å². The number of aromatic nitrogens is 2. The number of amides is 1. The highest BCUT2D eigenvalue weighted by Gasteiger charge is 2.49. The Morgan fingerprint density at radius 1 is 1.23 bits per heavy atom. The van der Waals surface area contributed by atoms with Crippen molar-refractivity contribution in [2.45, 2.75) is 39.7 Å².